The van der Waals surface area contributed by atoms with E-state index in [0.717, 1.165) is 11.3 Å². The second kappa shape index (κ2) is 8.94. The molecule has 1 heterocycles. The van der Waals surface area contributed by atoms with Crippen molar-refractivity contribution in [1.82, 2.24) is 0 Å². The van der Waals surface area contributed by atoms with E-state index >= 15 is 0 Å². The second-order valence-corrected chi connectivity index (χ2v) is 7.62. The highest BCUT2D eigenvalue weighted by atomic mass is 35.5. The van der Waals surface area contributed by atoms with Gasteiger partial charge in [-0.3, -0.25) is 9.56 Å². The van der Waals surface area contributed by atoms with E-state index in [1.807, 2.05) is 60.4 Å². The van der Waals surface area contributed by atoms with Crippen LogP contribution >= 0.6 is 11.6 Å². The number of aromatic nitrogens is 1. The Labute approximate surface area is 153 Å². The number of hydrazone groups is 1. The Morgan fingerprint density at radius 1 is 1.24 bits per heavy atom. The van der Waals surface area contributed by atoms with Gasteiger partial charge in [-0.25, -0.2) is 4.57 Å². The molecule has 0 bridgehead atoms. The van der Waals surface area contributed by atoms with Crippen LogP contribution in [0.25, 0.3) is 0 Å². The molecule has 0 aliphatic rings. The van der Waals surface area contributed by atoms with E-state index < -0.39 is 10.1 Å². The first-order chi connectivity index (χ1) is 11.8. The third-order valence-corrected chi connectivity index (χ3v) is 4.59. The van der Waals surface area contributed by atoms with Gasteiger partial charge in [-0.1, -0.05) is 11.6 Å². The van der Waals surface area contributed by atoms with E-state index in [9.17, 15) is 8.42 Å². The summed E-state index contributed by atoms with van der Waals surface area (Å²) in [5, 5.41) is 6.83. The minimum atomic E-state index is -3.88. The largest absolute Gasteiger partial charge is 0.286 e. The van der Waals surface area contributed by atoms with E-state index in [1.165, 1.54) is 0 Å². The van der Waals surface area contributed by atoms with Crippen molar-refractivity contribution in [3.63, 3.8) is 0 Å². The van der Waals surface area contributed by atoms with Crippen molar-refractivity contribution >= 4 is 33.6 Å². The smallest absolute Gasteiger partial charge is 0.264 e. The summed E-state index contributed by atoms with van der Waals surface area (Å²) < 4.78 is 32.1. The summed E-state index contributed by atoms with van der Waals surface area (Å²) >= 11 is 5.88. The van der Waals surface area contributed by atoms with Crippen molar-refractivity contribution in [3.05, 3.63) is 59.4 Å². The number of hydrogen-bond donors (Lipinski definition) is 1. The molecule has 0 amide bonds. The molecule has 8 heteroatoms. The SMILES string of the molecule is CN(/N=C/c1ccc[n+](CCCCS(=O)(=O)O)c1)c1ccc(Cl)cc1. The van der Waals surface area contributed by atoms with Crippen LogP contribution in [0.3, 0.4) is 0 Å². The molecule has 1 N–H and O–H groups in total. The zero-order valence-corrected chi connectivity index (χ0v) is 15.5. The fourth-order valence-electron chi connectivity index (χ4n) is 2.21. The molecule has 0 saturated heterocycles. The summed E-state index contributed by atoms with van der Waals surface area (Å²) in [4.78, 5) is 0. The lowest BCUT2D eigenvalue weighted by Gasteiger charge is -2.12. The molecule has 0 radical (unpaired) electrons. The summed E-state index contributed by atoms with van der Waals surface area (Å²) in [7, 11) is -2.02. The summed E-state index contributed by atoms with van der Waals surface area (Å²) in [5.41, 5.74) is 1.85. The third kappa shape index (κ3) is 7.21. The highest BCUT2D eigenvalue weighted by molar-refractivity contribution is 7.85. The van der Waals surface area contributed by atoms with Gasteiger partial charge in [-0.05, 0) is 36.8 Å². The Morgan fingerprint density at radius 3 is 2.64 bits per heavy atom. The lowest BCUT2D eigenvalue weighted by Crippen LogP contribution is -2.33. The van der Waals surface area contributed by atoms with Crippen molar-refractivity contribution in [2.24, 2.45) is 5.10 Å². The van der Waals surface area contributed by atoms with Crippen LogP contribution in [0.5, 0.6) is 0 Å². The highest BCUT2D eigenvalue weighted by Crippen LogP contribution is 2.16. The summed E-state index contributed by atoms with van der Waals surface area (Å²) in [5.74, 6) is -0.208. The molecule has 0 unspecified atom stereocenters. The van der Waals surface area contributed by atoms with Crippen molar-refractivity contribution in [1.29, 1.82) is 0 Å². The number of benzene rings is 1. The van der Waals surface area contributed by atoms with E-state index in [2.05, 4.69) is 5.10 Å². The molecule has 134 valence electrons. The quantitative estimate of drug-likeness (QED) is 0.250. The van der Waals surface area contributed by atoms with Crippen molar-refractivity contribution in [2.75, 3.05) is 17.8 Å². The van der Waals surface area contributed by atoms with Gasteiger partial charge in [0.1, 0.15) is 6.54 Å². The van der Waals surface area contributed by atoms with Crippen LogP contribution in [-0.4, -0.2) is 32.0 Å². The normalized spacial score (nSPS) is 11.8. The topological polar surface area (TPSA) is 73.8 Å². The fourth-order valence-corrected chi connectivity index (χ4v) is 2.91. The number of unbranched alkanes of at least 4 members (excludes halogenated alkanes) is 1. The monoisotopic (exact) mass is 382 g/mol. The van der Waals surface area contributed by atoms with Crippen molar-refractivity contribution in [3.8, 4) is 0 Å². The molecule has 0 saturated carbocycles. The fraction of sp³-hybridized carbons (Fsp3) is 0.294. The number of halogens is 1. The first-order valence-electron chi connectivity index (χ1n) is 7.81. The molecule has 1 aromatic carbocycles. The van der Waals surface area contributed by atoms with Crippen LogP contribution in [0.1, 0.15) is 18.4 Å². The number of pyridine rings is 1. The maximum atomic E-state index is 10.7. The third-order valence-electron chi connectivity index (χ3n) is 3.53. The van der Waals surface area contributed by atoms with Gasteiger partial charge in [0.15, 0.2) is 12.4 Å². The predicted molar refractivity (Wildman–Crippen MR) is 99.7 cm³/mol. The maximum absolute atomic E-state index is 10.7. The first kappa shape index (κ1) is 19.4. The van der Waals surface area contributed by atoms with Crippen molar-refractivity contribution < 1.29 is 17.5 Å². The highest BCUT2D eigenvalue weighted by Gasteiger charge is 2.06. The Hall–Kier alpha value is -1.96. The van der Waals surface area contributed by atoms with Crippen LogP contribution in [0.2, 0.25) is 5.02 Å². The zero-order valence-electron chi connectivity index (χ0n) is 13.9. The second-order valence-electron chi connectivity index (χ2n) is 5.61. The summed E-state index contributed by atoms with van der Waals surface area (Å²) in [6, 6.07) is 11.2. The molecule has 6 nitrogen and oxygen atoms in total. The number of aryl methyl sites for hydroxylation is 1. The van der Waals surface area contributed by atoms with E-state index in [1.54, 1.807) is 11.2 Å². The Kier molecular flexibility index (Phi) is 6.92. The molecule has 2 rings (SSSR count). The minimum Gasteiger partial charge on any atom is -0.286 e. The number of hydrogen-bond acceptors (Lipinski definition) is 4. The lowest BCUT2D eigenvalue weighted by molar-refractivity contribution is -0.697. The molecule has 2 aromatic rings. The van der Waals surface area contributed by atoms with Crippen LogP contribution in [0, 0.1) is 0 Å². The number of nitrogens with zero attached hydrogens (tertiary/aromatic N) is 3. The molecule has 0 atom stereocenters. The van der Waals surface area contributed by atoms with Gasteiger partial charge in [-0.15, -0.1) is 0 Å². The van der Waals surface area contributed by atoms with Gasteiger partial charge in [0, 0.05) is 24.6 Å². The number of anilines is 1. The Morgan fingerprint density at radius 2 is 1.96 bits per heavy atom. The molecule has 1 aromatic heterocycles. The lowest BCUT2D eigenvalue weighted by atomic mass is 10.3. The molecule has 25 heavy (non-hydrogen) atoms. The molecular weight excluding hydrogens is 362 g/mol. The van der Waals surface area contributed by atoms with E-state index in [-0.39, 0.29) is 5.75 Å². The standard InChI is InChI=1S/C17H20ClN3O3S/c1-20(17-8-6-16(18)7-9-17)19-13-15-5-4-11-21(14-15)10-2-3-12-25(22,23)24/h4-9,11,13-14H,2-3,10,12H2,1H3/p+1/b19-13+. The van der Waals surface area contributed by atoms with Crippen LogP contribution in [-0.2, 0) is 16.7 Å². The zero-order chi connectivity index (χ0) is 18.3. The molecule has 0 spiro atoms. The molecular formula is C17H21ClN3O3S+. The van der Waals surface area contributed by atoms with Crippen LogP contribution in [0.4, 0.5) is 5.69 Å². The van der Waals surface area contributed by atoms with E-state index in [4.69, 9.17) is 16.2 Å². The van der Waals surface area contributed by atoms with Gasteiger partial charge < -0.3 is 0 Å². The van der Waals surface area contributed by atoms with Gasteiger partial charge in [0.05, 0.1) is 23.2 Å². The number of rotatable bonds is 8. The average molecular weight is 383 g/mol. The average Bonchev–Trinajstić information content (AvgIpc) is 2.57. The Bertz CT molecular complexity index is 823. The van der Waals surface area contributed by atoms with Gasteiger partial charge in [0.25, 0.3) is 10.1 Å². The predicted octanol–water partition coefficient (Wildman–Crippen LogP) is 2.77. The van der Waals surface area contributed by atoms with Gasteiger partial charge >= 0.3 is 0 Å². The molecule has 0 aliphatic heterocycles. The van der Waals surface area contributed by atoms with Crippen LogP contribution in [0.15, 0.2) is 53.9 Å². The summed E-state index contributed by atoms with van der Waals surface area (Å²) in [6.45, 7) is 0.671. The summed E-state index contributed by atoms with van der Waals surface area (Å²) in [6.07, 6.45) is 6.68. The molecule has 0 fully saturated rings. The first-order valence-corrected chi connectivity index (χ1v) is 9.80. The van der Waals surface area contributed by atoms with Crippen molar-refractivity contribution in [2.45, 2.75) is 19.4 Å². The van der Waals surface area contributed by atoms with Crippen LogP contribution < -0.4 is 9.58 Å². The van der Waals surface area contributed by atoms with E-state index in [0.29, 0.717) is 24.4 Å². The minimum absolute atomic E-state index is 0.208. The van der Waals surface area contributed by atoms with Gasteiger partial charge in [-0.2, -0.15) is 13.5 Å². The maximum Gasteiger partial charge on any atom is 0.264 e. The molecule has 0 aliphatic carbocycles. The van der Waals surface area contributed by atoms with Gasteiger partial charge in [0.2, 0.25) is 0 Å². The Balaban J connectivity index is 1.92.